The predicted molar refractivity (Wildman–Crippen MR) is 76.3 cm³/mol. The van der Waals surface area contributed by atoms with E-state index in [4.69, 9.17) is 5.11 Å². The Hall–Kier alpha value is -2.30. The van der Waals surface area contributed by atoms with Crippen LogP contribution in [-0.4, -0.2) is 27.2 Å². The number of benzene rings is 1. The second-order valence-electron chi connectivity index (χ2n) is 4.99. The highest BCUT2D eigenvalue weighted by Crippen LogP contribution is 2.30. The lowest BCUT2D eigenvalue weighted by Crippen LogP contribution is -2.23. The lowest BCUT2D eigenvalue weighted by molar-refractivity contribution is 0.0691. The minimum absolute atomic E-state index is 0.0876. The average molecular weight is 271 g/mol. The van der Waals surface area contributed by atoms with Gasteiger partial charge >= 0.3 is 5.97 Å². The number of carboxylic acids is 1. The molecule has 0 bridgehead atoms. The Labute approximate surface area is 117 Å². The fraction of sp³-hybridized carbons (Fsp3) is 0.333. The van der Waals surface area contributed by atoms with Crippen LogP contribution < -0.4 is 5.32 Å². The smallest absolute Gasteiger partial charge is 0.356 e. The average Bonchev–Trinajstić information content (AvgIpc) is 2.91. The van der Waals surface area contributed by atoms with Crippen LogP contribution in [0, 0.1) is 0 Å². The number of carboxylic acid groups (broad SMARTS) is 1. The van der Waals surface area contributed by atoms with Gasteiger partial charge in [0.1, 0.15) is 0 Å². The number of fused-ring (bicyclic) bond motifs is 1. The number of hydrogen-bond donors (Lipinski definition) is 2. The monoisotopic (exact) mass is 271 g/mol. The van der Waals surface area contributed by atoms with Crippen molar-refractivity contribution in [2.24, 2.45) is 0 Å². The molecule has 1 aliphatic rings. The van der Waals surface area contributed by atoms with Gasteiger partial charge in [-0.05, 0) is 24.0 Å². The van der Waals surface area contributed by atoms with Crippen molar-refractivity contribution in [3.05, 3.63) is 47.3 Å². The Bertz CT molecular complexity index is 631. The standard InChI is InChI=1S/C15H17N3O2/c1-2-10-3-5-11(6-4-10)13-7-8-16-15-17-12(14(19)20)9-18(13)15/h3-6,9,13H,2,7-8H2,1H3,(H,16,17)(H,19,20). The largest absolute Gasteiger partial charge is 0.476 e. The fourth-order valence-electron chi connectivity index (χ4n) is 2.63. The van der Waals surface area contributed by atoms with E-state index in [1.807, 2.05) is 4.57 Å². The van der Waals surface area contributed by atoms with Crippen molar-refractivity contribution in [2.75, 3.05) is 11.9 Å². The van der Waals surface area contributed by atoms with Crippen LogP contribution in [0.3, 0.4) is 0 Å². The van der Waals surface area contributed by atoms with Gasteiger partial charge in [0, 0.05) is 12.7 Å². The number of hydrogen-bond acceptors (Lipinski definition) is 3. The van der Waals surface area contributed by atoms with Gasteiger partial charge in [-0.15, -0.1) is 0 Å². The van der Waals surface area contributed by atoms with Crippen LogP contribution in [0.15, 0.2) is 30.5 Å². The third kappa shape index (κ3) is 2.15. The first-order valence-corrected chi connectivity index (χ1v) is 6.84. The maximum atomic E-state index is 11.0. The lowest BCUT2D eigenvalue weighted by Gasteiger charge is -2.26. The van der Waals surface area contributed by atoms with Crippen molar-refractivity contribution < 1.29 is 9.90 Å². The number of nitrogens with one attached hydrogen (secondary N) is 1. The molecule has 0 aliphatic carbocycles. The molecule has 1 aromatic carbocycles. The lowest BCUT2D eigenvalue weighted by atomic mass is 10.0. The molecular weight excluding hydrogens is 254 g/mol. The number of carbonyl (C=O) groups is 1. The van der Waals surface area contributed by atoms with Gasteiger partial charge in [0.15, 0.2) is 5.69 Å². The molecule has 1 atom stereocenters. The summed E-state index contributed by atoms with van der Waals surface area (Å²) >= 11 is 0. The molecule has 20 heavy (non-hydrogen) atoms. The quantitative estimate of drug-likeness (QED) is 0.900. The molecule has 0 radical (unpaired) electrons. The Morgan fingerprint density at radius 1 is 1.45 bits per heavy atom. The molecule has 1 aromatic heterocycles. The SMILES string of the molecule is CCc1ccc(C2CCNc3nc(C(=O)O)cn32)cc1. The van der Waals surface area contributed by atoms with Gasteiger partial charge in [0.05, 0.1) is 6.04 Å². The second kappa shape index (κ2) is 5.00. The van der Waals surface area contributed by atoms with Crippen LogP contribution in [0.5, 0.6) is 0 Å². The number of aryl methyl sites for hydroxylation is 1. The molecule has 5 heteroatoms. The highest BCUT2D eigenvalue weighted by Gasteiger charge is 2.24. The topological polar surface area (TPSA) is 67.2 Å². The summed E-state index contributed by atoms with van der Waals surface area (Å²) in [5.41, 5.74) is 2.59. The van der Waals surface area contributed by atoms with E-state index in [1.165, 1.54) is 11.1 Å². The Kier molecular flexibility index (Phi) is 3.18. The molecule has 0 fully saturated rings. The van der Waals surface area contributed by atoms with Crippen LogP contribution in [0.4, 0.5) is 5.95 Å². The van der Waals surface area contributed by atoms with E-state index < -0.39 is 5.97 Å². The van der Waals surface area contributed by atoms with Gasteiger partial charge < -0.3 is 15.0 Å². The van der Waals surface area contributed by atoms with Crippen LogP contribution in [0.1, 0.15) is 41.0 Å². The van der Waals surface area contributed by atoms with Crippen molar-refractivity contribution in [3.63, 3.8) is 0 Å². The molecule has 0 spiro atoms. The summed E-state index contributed by atoms with van der Waals surface area (Å²) in [5, 5.41) is 12.2. The Balaban J connectivity index is 1.97. The fourth-order valence-corrected chi connectivity index (χ4v) is 2.63. The second-order valence-corrected chi connectivity index (χ2v) is 4.99. The van der Waals surface area contributed by atoms with Crippen LogP contribution >= 0.6 is 0 Å². The summed E-state index contributed by atoms with van der Waals surface area (Å²) < 4.78 is 1.92. The van der Waals surface area contributed by atoms with E-state index in [9.17, 15) is 4.79 Å². The molecule has 2 aromatic rings. The number of aromatic nitrogens is 2. The maximum Gasteiger partial charge on any atom is 0.356 e. The van der Waals surface area contributed by atoms with Gasteiger partial charge in [-0.25, -0.2) is 9.78 Å². The van der Waals surface area contributed by atoms with Crippen molar-refractivity contribution in [2.45, 2.75) is 25.8 Å². The number of imidazole rings is 1. The van der Waals surface area contributed by atoms with Crippen molar-refractivity contribution in [3.8, 4) is 0 Å². The first kappa shape index (κ1) is 12.7. The number of aromatic carboxylic acids is 1. The zero-order valence-electron chi connectivity index (χ0n) is 11.3. The van der Waals surface area contributed by atoms with Crippen molar-refractivity contribution in [1.29, 1.82) is 0 Å². The molecule has 2 heterocycles. The zero-order chi connectivity index (χ0) is 14.1. The van der Waals surface area contributed by atoms with Gasteiger partial charge in [0.2, 0.25) is 5.95 Å². The Morgan fingerprint density at radius 2 is 2.20 bits per heavy atom. The van der Waals surface area contributed by atoms with Gasteiger partial charge in [0.25, 0.3) is 0 Å². The number of rotatable bonds is 3. The first-order chi connectivity index (χ1) is 9.69. The summed E-state index contributed by atoms with van der Waals surface area (Å²) in [6.45, 7) is 2.93. The van der Waals surface area contributed by atoms with Gasteiger partial charge in [-0.3, -0.25) is 0 Å². The van der Waals surface area contributed by atoms with E-state index in [0.717, 1.165) is 19.4 Å². The van der Waals surface area contributed by atoms with E-state index >= 15 is 0 Å². The predicted octanol–water partition coefficient (Wildman–Crippen LogP) is 2.55. The van der Waals surface area contributed by atoms with E-state index in [1.54, 1.807) is 6.20 Å². The Morgan fingerprint density at radius 3 is 2.85 bits per heavy atom. The minimum Gasteiger partial charge on any atom is -0.476 e. The zero-order valence-corrected chi connectivity index (χ0v) is 11.3. The summed E-state index contributed by atoms with van der Waals surface area (Å²) in [6, 6.07) is 8.66. The van der Waals surface area contributed by atoms with Crippen LogP contribution in [0.2, 0.25) is 0 Å². The van der Waals surface area contributed by atoms with Gasteiger partial charge in [-0.1, -0.05) is 31.2 Å². The molecule has 1 unspecified atom stereocenters. The van der Waals surface area contributed by atoms with E-state index in [0.29, 0.717) is 5.95 Å². The molecule has 5 nitrogen and oxygen atoms in total. The maximum absolute atomic E-state index is 11.0. The number of anilines is 1. The molecule has 104 valence electrons. The van der Waals surface area contributed by atoms with Gasteiger partial charge in [-0.2, -0.15) is 0 Å². The highest BCUT2D eigenvalue weighted by atomic mass is 16.4. The molecule has 1 aliphatic heterocycles. The molecule has 3 rings (SSSR count). The third-order valence-corrected chi connectivity index (χ3v) is 3.76. The molecule has 0 saturated carbocycles. The van der Waals surface area contributed by atoms with E-state index in [-0.39, 0.29) is 11.7 Å². The van der Waals surface area contributed by atoms with Crippen molar-refractivity contribution >= 4 is 11.9 Å². The first-order valence-electron chi connectivity index (χ1n) is 6.84. The molecule has 2 N–H and O–H groups in total. The highest BCUT2D eigenvalue weighted by molar-refractivity contribution is 5.85. The van der Waals surface area contributed by atoms with Crippen LogP contribution in [0.25, 0.3) is 0 Å². The molecule has 0 saturated heterocycles. The summed E-state index contributed by atoms with van der Waals surface area (Å²) in [4.78, 5) is 15.2. The normalized spacial score (nSPS) is 17.4. The van der Waals surface area contributed by atoms with E-state index in [2.05, 4.69) is 41.5 Å². The number of nitrogens with zero attached hydrogens (tertiary/aromatic N) is 2. The van der Waals surface area contributed by atoms with Crippen molar-refractivity contribution in [1.82, 2.24) is 9.55 Å². The third-order valence-electron chi connectivity index (χ3n) is 3.76. The molecular formula is C15H17N3O2. The molecule has 0 amide bonds. The summed E-state index contributed by atoms with van der Waals surface area (Å²) in [6.07, 6.45) is 3.56. The minimum atomic E-state index is -0.992. The summed E-state index contributed by atoms with van der Waals surface area (Å²) in [7, 11) is 0. The summed E-state index contributed by atoms with van der Waals surface area (Å²) in [5.74, 6) is -0.355. The van der Waals surface area contributed by atoms with Crippen LogP contribution in [-0.2, 0) is 6.42 Å².